The standard InChI is InChI=1S/C17H17BrClNO2/c1-22-15-7-6-10(19)8-12(15)16-13(9-20-17(16)21)11-4-2-3-5-14(11)18/h2-8,13,16-17,20-21H,9H2,1H3/t13-,16-,17?/m0/s1. The Kier molecular flexibility index (Phi) is 4.73. The first-order valence-corrected chi connectivity index (χ1v) is 8.28. The van der Waals surface area contributed by atoms with Gasteiger partial charge in [-0.15, -0.1) is 0 Å². The summed E-state index contributed by atoms with van der Waals surface area (Å²) in [7, 11) is 1.63. The van der Waals surface area contributed by atoms with Gasteiger partial charge in [-0.3, -0.25) is 5.32 Å². The number of aliphatic hydroxyl groups is 1. The Bertz CT molecular complexity index is 679. The number of hydrogen-bond donors (Lipinski definition) is 2. The summed E-state index contributed by atoms with van der Waals surface area (Å²) < 4.78 is 6.51. The van der Waals surface area contributed by atoms with Gasteiger partial charge in [0.25, 0.3) is 0 Å². The molecule has 0 saturated carbocycles. The number of rotatable bonds is 3. The zero-order valence-corrected chi connectivity index (χ0v) is 14.4. The number of hydrogen-bond acceptors (Lipinski definition) is 3. The van der Waals surface area contributed by atoms with Crippen molar-refractivity contribution in [1.82, 2.24) is 5.32 Å². The minimum absolute atomic E-state index is 0.118. The van der Waals surface area contributed by atoms with E-state index in [2.05, 4.69) is 27.3 Å². The molecule has 5 heteroatoms. The normalized spacial score (nSPS) is 24.5. The molecule has 22 heavy (non-hydrogen) atoms. The number of nitrogens with one attached hydrogen (secondary N) is 1. The summed E-state index contributed by atoms with van der Waals surface area (Å²) in [5.74, 6) is 0.763. The number of halogens is 2. The molecule has 0 aliphatic carbocycles. The second kappa shape index (κ2) is 6.59. The molecule has 3 nitrogen and oxygen atoms in total. The highest BCUT2D eigenvalue weighted by atomic mass is 79.9. The molecule has 1 aliphatic rings. The van der Waals surface area contributed by atoms with Gasteiger partial charge in [-0.1, -0.05) is 45.7 Å². The predicted molar refractivity (Wildman–Crippen MR) is 91.6 cm³/mol. The van der Waals surface area contributed by atoms with Crippen molar-refractivity contribution >= 4 is 27.5 Å². The van der Waals surface area contributed by atoms with Crippen LogP contribution in [0.2, 0.25) is 5.02 Å². The lowest BCUT2D eigenvalue weighted by Crippen LogP contribution is -2.25. The van der Waals surface area contributed by atoms with Crippen molar-refractivity contribution in [2.75, 3.05) is 13.7 Å². The van der Waals surface area contributed by atoms with Crippen LogP contribution in [-0.4, -0.2) is 25.0 Å². The Labute approximate surface area is 143 Å². The Morgan fingerprint density at radius 3 is 2.73 bits per heavy atom. The van der Waals surface area contributed by atoms with Crippen molar-refractivity contribution in [1.29, 1.82) is 0 Å². The van der Waals surface area contributed by atoms with Gasteiger partial charge in [0.15, 0.2) is 0 Å². The van der Waals surface area contributed by atoms with E-state index in [0.29, 0.717) is 11.6 Å². The fraction of sp³-hybridized carbons (Fsp3) is 0.294. The lowest BCUT2D eigenvalue weighted by Gasteiger charge is -2.24. The fourth-order valence-electron chi connectivity index (χ4n) is 3.15. The fourth-order valence-corrected chi connectivity index (χ4v) is 3.91. The van der Waals surface area contributed by atoms with Crippen molar-refractivity contribution in [2.24, 2.45) is 0 Å². The molecule has 2 aromatic carbocycles. The summed E-state index contributed by atoms with van der Waals surface area (Å²) in [6.45, 7) is 0.699. The summed E-state index contributed by atoms with van der Waals surface area (Å²) in [6, 6.07) is 13.6. The van der Waals surface area contributed by atoms with Gasteiger partial charge in [0, 0.05) is 33.4 Å². The quantitative estimate of drug-likeness (QED) is 0.846. The molecular formula is C17H17BrClNO2. The van der Waals surface area contributed by atoms with Crippen LogP contribution in [0.5, 0.6) is 5.75 Å². The zero-order chi connectivity index (χ0) is 15.7. The van der Waals surface area contributed by atoms with E-state index in [9.17, 15) is 5.11 Å². The molecule has 116 valence electrons. The van der Waals surface area contributed by atoms with Crippen LogP contribution >= 0.6 is 27.5 Å². The largest absolute Gasteiger partial charge is 0.496 e. The maximum absolute atomic E-state index is 10.5. The van der Waals surface area contributed by atoms with Crippen LogP contribution in [-0.2, 0) is 0 Å². The van der Waals surface area contributed by atoms with Crippen molar-refractivity contribution < 1.29 is 9.84 Å². The molecule has 1 fully saturated rings. The topological polar surface area (TPSA) is 41.5 Å². The molecule has 1 saturated heterocycles. The average Bonchev–Trinajstić information content (AvgIpc) is 2.89. The molecular weight excluding hydrogens is 366 g/mol. The molecule has 0 spiro atoms. The van der Waals surface area contributed by atoms with Gasteiger partial charge >= 0.3 is 0 Å². The van der Waals surface area contributed by atoms with E-state index in [1.807, 2.05) is 30.3 Å². The molecule has 1 aliphatic heterocycles. The minimum atomic E-state index is -0.635. The molecule has 1 heterocycles. The van der Waals surface area contributed by atoms with Crippen molar-refractivity contribution in [3.05, 3.63) is 63.1 Å². The first-order valence-electron chi connectivity index (χ1n) is 7.11. The van der Waals surface area contributed by atoms with E-state index in [1.165, 1.54) is 5.56 Å². The molecule has 0 aromatic heterocycles. The Hall–Kier alpha value is -1.07. The lowest BCUT2D eigenvalue weighted by molar-refractivity contribution is 0.138. The van der Waals surface area contributed by atoms with E-state index >= 15 is 0 Å². The predicted octanol–water partition coefficient (Wildman–Crippen LogP) is 3.90. The molecule has 0 amide bonds. The second-order valence-electron chi connectivity index (χ2n) is 5.39. The van der Waals surface area contributed by atoms with Crippen LogP contribution in [0, 0.1) is 0 Å². The van der Waals surface area contributed by atoms with Crippen molar-refractivity contribution in [3.8, 4) is 5.75 Å². The molecule has 1 unspecified atom stereocenters. The van der Waals surface area contributed by atoms with Crippen LogP contribution in [0.3, 0.4) is 0 Å². The van der Waals surface area contributed by atoms with Crippen LogP contribution in [0.25, 0.3) is 0 Å². The number of benzene rings is 2. The minimum Gasteiger partial charge on any atom is -0.496 e. The molecule has 3 atom stereocenters. The average molecular weight is 383 g/mol. The summed E-state index contributed by atoms with van der Waals surface area (Å²) in [5.41, 5.74) is 2.09. The highest BCUT2D eigenvalue weighted by Crippen LogP contribution is 2.44. The third-order valence-electron chi connectivity index (χ3n) is 4.18. The van der Waals surface area contributed by atoms with Gasteiger partial charge in [-0.05, 0) is 29.8 Å². The van der Waals surface area contributed by atoms with Gasteiger partial charge in [-0.2, -0.15) is 0 Å². The van der Waals surface area contributed by atoms with E-state index in [4.69, 9.17) is 16.3 Å². The monoisotopic (exact) mass is 381 g/mol. The van der Waals surface area contributed by atoms with Crippen LogP contribution in [0.4, 0.5) is 0 Å². The first kappa shape index (κ1) is 15.8. The maximum atomic E-state index is 10.5. The number of ether oxygens (including phenoxy) is 1. The SMILES string of the molecule is COc1ccc(Cl)cc1[C@@H]1C(O)NC[C@H]1c1ccccc1Br. The van der Waals surface area contributed by atoms with E-state index in [0.717, 1.165) is 15.8 Å². The Morgan fingerprint density at radius 1 is 1.23 bits per heavy atom. The van der Waals surface area contributed by atoms with Gasteiger partial charge in [0.05, 0.1) is 7.11 Å². The highest BCUT2D eigenvalue weighted by Gasteiger charge is 2.39. The molecule has 0 radical (unpaired) electrons. The van der Waals surface area contributed by atoms with Crippen LogP contribution in [0.1, 0.15) is 23.0 Å². The third-order valence-corrected chi connectivity index (χ3v) is 5.13. The number of methoxy groups -OCH3 is 1. The molecule has 0 bridgehead atoms. The zero-order valence-electron chi connectivity index (χ0n) is 12.1. The Balaban J connectivity index is 2.07. The maximum Gasteiger partial charge on any atom is 0.122 e. The van der Waals surface area contributed by atoms with Gasteiger partial charge < -0.3 is 9.84 Å². The van der Waals surface area contributed by atoms with Gasteiger partial charge in [0.2, 0.25) is 0 Å². The lowest BCUT2D eigenvalue weighted by atomic mass is 9.83. The summed E-state index contributed by atoms with van der Waals surface area (Å²) in [6.07, 6.45) is -0.635. The first-order chi connectivity index (χ1) is 10.6. The number of aliphatic hydroxyl groups excluding tert-OH is 1. The summed E-state index contributed by atoms with van der Waals surface area (Å²) in [4.78, 5) is 0. The molecule has 2 N–H and O–H groups in total. The highest BCUT2D eigenvalue weighted by molar-refractivity contribution is 9.10. The Morgan fingerprint density at radius 2 is 2.00 bits per heavy atom. The van der Waals surface area contributed by atoms with E-state index < -0.39 is 6.23 Å². The van der Waals surface area contributed by atoms with Gasteiger partial charge in [0.1, 0.15) is 12.0 Å². The van der Waals surface area contributed by atoms with E-state index in [-0.39, 0.29) is 11.8 Å². The van der Waals surface area contributed by atoms with Crippen LogP contribution in [0.15, 0.2) is 46.9 Å². The second-order valence-corrected chi connectivity index (χ2v) is 6.68. The van der Waals surface area contributed by atoms with Crippen LogP contribution < -0.4 is 10.1 Å². The summed E-state index contributed by atoms with van der Waals surface area (Å²) in [5, 5.41) is 14.2. The van der Waals surface area contributed by atoms with Crippen molar-refractivity contribution in [3.63, 3.8) is 0 Å². The molecule has 3 rings (SSSR count). The smallest absolute Gasteiger partial charge is 0.122 e. The molecule has 2 aromatic rings. The van der Waals surface area contributed by atoms with Gasteiger partial charge in [-0.25, -0.2) is 0 Å². The third kappa shape index (κ3) is 2.88. The van der Waals surface area contributed by atoms with Crippen molar-refractivity contribution in [2.45, 2.75) is 18.1 Å². The summed E-state index contributed by atoms with van der Waals surface area (Å²) >= 11 is 9.77. The van der Waals surface area contributed by atoms with E-state index in [1.54, 1.807) is 13.2 Å².